The number of nitrogens with one attached hydrogen (secondary N) is 1. The maximum absolute atomic E-state index is 11.3. The second-order valence-corrected chi connectivity index (χ2v) is 3.85. The Morgan fingerprint density at radius 1 is 1.37 bits per heavy atom. The maximum atomic E-state index is 11.3. The number of aromatic amines is 1. The summed E-state index contributed by atoms with van der Waals surface area (Å²) in [5, 5.41) is 8.50. The van der Waals surface area contributed by atoms with Crippen LogP contribution in [0.5, 0.6) is 11.6 Å². The summed E-state index contributed by atoms with van der Waals surface area (Å²) >= 11 is 0. The predicted octanol–water partition coefficient (Wildman–Crippen LogP) is 1.60. The average Bonchev–Trinajstić information content (AvgIpc) is 2.43. The van der Waals surface area contributed by atoms with Crippen LogP contribution in [0.3, 0.4) is 0 Å². The largest absolute Gasteiger partial charge is 0.437 e. The van der Waals surface area contributed by atoms with Crippen LogP contribution in [-0.4, -0.2) is 9.97 Å². The highest BCUT2D eigenvalue weighted by atomic mass is 16.5. The Morgan fingerprint density at radius 2 is 2.11 bits per heavy atom. The molecule has 1 aromatic carbocycles. The van der Waals surface area contributed by atoms with Gasteiger partial charge in [0.15, 0.2) is 5.69 Å². The van der Waals surface area contributed by atoms with E-state index in [2.05, 4.69) is 16.0 Å². The molecule has 0 unspecified atom stereocenters. The summed E-state index contributed by atoms with van der Waals surface area (Å²) in [5.41, 5.74) is 6.11. The number of ether oxygens (including phenoxy) is 1. The van der Waals surface area contributed by atoms with Gasteiger partial charge in [0.05, 0.1) is 12.4 Å². The standard InChI is InChI=1S/C13H12N4O2/c14-7-1-2-9-3-5-10(6-4-9)19-13-11(15)12(18)16-8-17-13/h3-6,8H,1-2,15H2,(H,16,17,18). The number of aromatic nitrogens is 2. The van der Waals surface area contributed by atoms with Crippen molar-refractivity contribution >= 4 is 5.69 Å². The van der Waals surface area contributed by atoms with Gasteiger partial charge in [0.25, 0.3) is 5.56 Å². The lowest BCUT2D eigenvalue weighted by molar-refractivity contribution is 0.463. The second-order valence-electron chi connectivity index (χ2n) is 3.85. The van der Waals surface area contributed by atoms with E-state index in [0.717, 1.165) is 5.56 Å². The highest BCUT2D eigenvalue weighted by Gasteiger charge is 2.06. The van der Waals surface area contributed by atoms with Crippen LogP contribution in [0.2, 0.25) is 0 Å². The lowest BCUT2D eigenvalue weighted by Crippen LogP contribution is -2.13. The monoisotopic (exact) mass is 256 g/mol. The molecule has 0 atom stereocenters. The number of benzene rings is 1. The summed E-state index contributed by atoms with van der Waals surface area (Å²) in [4.78, 5) is 17.5. The molecule has 1 aromatic heterocycles. The molecule has 2 aromatic rings. The third-order valence-electron chi connectivity index (χ3n) is 2.52. The van der Waals surface area contributed by atoms with E-state index < -0.39 is 5.56 Å². The van der Waals surface area contributed by atoms with Crippen molar-refractivity contribution in [2.75, 3.05) is 5.73 Å². The Kier molecular flexibility index (Phi) is 3.78. The van der Waals surface area contributed by atoms with Crippen LogP contribution in [0, 0.1) is 11.3 Å². The minimum Gasteiger partial charge on any atom is -0.437 e. The molecule has 6 heteroatoms. The van der Waals surface area contributed by atoms with Crippen LogP contribution in [-0.2, 0) is 6.42 Å². The molecule has 0 fully saturated rings. The number of rotatable bonds is 4. The molecule has 0 aliphatic heterocycles. The van der Waals surface area contributed by atoms with Gasteiger partial charge in [-0.15, -0.1) is 0 Å². The van der Waals surface area contributed by atoms with Gasteiger partial charge in [-0.2, -0.15) is 5.26 Å². The molecule has 0 spiro atoms. The molecular formula is C13H12N4O2. The maximum Gasteiger partial charge on any atom is 0.277 e. The number of nitrogen functional groups attached to an aromatic ring is 1. The van der Waals surface area contributed by atoms with Gasteiger partial charge in [0, 0.05) is 6.42 Å². The number of hydrogen-bond donors (Lipinski definition) is 2. The minimum atomic E-state index is -0.435. The zero-order valence-electron chi connectivity index (χ0n) is 10.1. The first-order valence-electron chi connectivity index (χ1n) is 5.67. The van der Waals surface area contributed by atoms with Crippen LogP contribution in [0.1, 0.15) is 12.0 Å². The normalized spacial score (nSPS) is 9.84. The van der Waals surface area contributed by atoms with Gasteiger partial charge in [0.1, 0.15) is 5.75 Å². The first kappa shape index (κ1) is 12.6. The fraction of sp³-hybridized carbons (Fsp3) is 0.154. The zero-order chi connectivity index (χ0) is 13.7. The van der Waals surface area contributed by atoms with Crippen LogP contribution >= 0.6 is 0 Å². The van der Waals surface area contributed by atoms with Crippen molar-refractivity contribution in [2.45, 2.75) is 12.8 Å². The van der Waals surface area contributed by atoms with Gasteiger partial charge in [-0.05, 0) is 24.1 Å². The van der Waals surface area contributed by atoms with E-state index in [-0.39, 0.29) is 11.6 Å². The molecule has 0 aliphatic carbocycles. The molecule has 0 bridgehead atoms. The number of nitrogens with zero attached hydrogens (tertiary/aromatic N) is 2. The summed E-state index contributed by atoms with van der Waals surface area (Å²) < 4.78 is 5.43. The number of aryl methyl sites for hydroxylation is 1. The van der Waals surface area contributed by atoms with Crippen molar-refractivity contribution in [1.82, 2.24) is 9.97 Å². The van der Waals surface area contributed by atoms with Gasteiger partial charge in [-0.3, -0.25) is 4.79 Å². The SMILES string of the molecule is N#CCCc1ccc(Oc2nc[nH]c(=O)c2N)cc1. The lowest BCUT2D eigenvalue weighted by Gasteiger charge is -2.06. The van der Waals surface area contributed by atoms with E-state index in [4.69, 9.17) is 15.7 Å². The second kappa shape index (κ2) is 5.69. The number of H-pyrrole nitrogens is 1. The van der Waals surface area contributed by atoms with Gasteiger partial charge >= 0.3 is 0 Å². The topological polar surface area (TPSA) is 105 Å². The molecule has 0 aliphatic rings. The van der Waals surface area contributed by atoms with Crippen molar-refractivity contribution < 1.29 is 4.74 Å². The summed E-state index contributed by atoms with van der Waals surface area (Å²) in [6.07, 6.45) is 2.40. The molecule has 0 saturated carbocycles. The Bertz CT molecular complexity index is 656. The predicted molar refractivity (Wildman–Crippen MR) is 69.7 cm³/mol. The Hall–Kier alpha value is -2.81. The molecule has 0 saturated heterocycles. The minimum absolute atomic E-state index is 0.0592. The van der Waals surface area contributed by atoms with Crippen molar-refractivity contribution in [3.63, 3.8) is 0 Å². The Morgan fingerprint density at radius 3 is 2.79 bits per heavy atom. The number of nitrogens with two attached hydrogens (primary N) is 1. The first-order chi connectivity index (χ1) is 9.20. The van der Waals surface area contributed by atoms with Crippen molar-refractivity contribution in [3.8, 4) is 17.7 Å². The summed E-state index contributed by atoms with van der Waals surface area (Å²) in [7, 11) is 0. The van der Waals surface area contributed by atoms with Gasteiger partial charge in [-0.25, -0.2) is 4.98 Å². The van der Waals surface area contributed by atoms with E-state index in [0.29, 0.717) is 18.6 Å². The van der Waals surface area contributed by atoms with Crippen LogP contribution in [0.25, 0.3) is 0 Å². The number of nitriles is 1. The molecule has 0 radical (unpaired) electrons. The summed E-state index contributed by atoms with van der Waals surface area (Å²) in [5.74, 6) is 0.610. The molecule has 3 N–H and O–H groups in total. The highest BCUT2D eigenvalue weighted by molar-refractivity contribution is 5.47. The molecule has 0 amide bonds. The summed E-state index contributed by atoms with van der Waals surface area (Å²) in [6.45, 7) is 0. The van der Waals surface area contributed by atoms with Crippen LogP contribution in [0.4, 0.5) is 5.69 Å². The quantitative estimate of drug-likeness (QED) is 0.864. The average molecular weight is 256 g/mol. The molecule has 19 heavy (non-hydrogen) atoms. The highest BCUT2D eigenvalue weighted by Crippen LogP contribution is 2.22. The van der Waals surface area contributed by atoms with Crippen molar-refractivity contribution in [3.05, 3.63) is 46.5 Å². The van der Waals surface area contributed by atoms with Gasteiger partial charge in [0.2, 0.25) is 5.88 Å². The third kappa shape index (κ3) is 3.10. The van der Waals surface area contributed by atoms with E-state index in [9.17, 15) is 4.79 Å². The van der Waals surface area contributed by atoms with E-state index in [1.54, 1.807) is 12.1 Å². The molecule has 96 valence electrons. The molecular weight excluding hydrogens is 244 g/mol. The molecule has 6 nitrogen and oxygen atoms in total. The van der Waals surface area contributed by atoms with Crippen LogP contribution in [0.15, 0.2) is 35.4 Å². The Balaban J connectivity index is 2.13. The van der Waals surface area contributed by atoms with Gasteiger partial charge < -0.3 is 15.5 Å². The zero-order valence-corrected chi connectivity index (χ0v) is 10.1. The third-order valence-corrected chi connectivity index (χ3v) is 2.52. The summed E-state index contributed by atoms with van der Waals surface area (Å²) in [6, 6.07) is 9.29. The van der Waals surface area contributed by atoms with Crippen LogP contribution < -0.4 is 16.0 Å². The molecule has 2 rings (SSSR count). The van der Waals surface area contributed by atoms with E-state index in [1.165, 1.54) is 6.33 Å². The fourth-order valence-electron chi connectivity index (χ4n) is 1.51. The number of anilines is 1. The van der Waals surface area contributed by atoms with Crippen molar-refractivity contribution in [1.29, 1.82) is 5.26 Å². The van der Waals surface area contributed by atoms with Gasteiger partial charge in [-0.1, -0.05) is 12.1 Å². The molecule has 1 heterocycles. The fourth-order valence-corrected chi connectivity index (χ4v) is 1.51. The number of hydrogen-bond acceptors (Lipinski definition) is 5. The first-order valence-corrected chi connectivity index (χ1v) is 5.67. The van der Waals surface area contributed by atoms with Crippen molar-refractivity contribution in [2.24, 2.45) is 0 Å². The van der Waals surface area contributed by atoms with E-state index >= 15 is 0 Å². The van der Waals surface area contributed by atoms with E-state index in [1.807, 2.05) is 12.1 Å². The Labute approximate surface area is 109 Å². The smallest absolute Gasteiger partial charge is 0.277 e. The lowest BCUT2D eigenvalue weighted by atomic mass is 10.1.